The summed E-state index contributed by atoms with van der Waals surface area (Å²) in [5.74, 6) is -1.51. The normalized spacial score (nSPS) is 15.1. The monoisotopic (exact) mass is 469 g/mol. The molecular formula is C24H43N3O6. The molecular weight excluding hydrogens is 426 g/mol. The number of carbonyl (C=O) groups is 5. The molecule has 9 nitrogen and oxygen atoms in total. The number of nitrogens with one attached hydrogen (secondary N) is 3. The highest BCUT2D eigenvalue weighted by Gasteiger charge is 2.27. The Bertz CT molecular complexity index is 672. The van der Waals surface area contributed by atoms with Gasteiger partial charge in [-0.1, -0.05) is 34.1 Å². The van der Waals surface area contributed by atoms with Crippen molar-refractivity contribution in [3.8, 4) is 0 Å². The molecule has 0 heterocycles. The Morgan fingerprint density at radius 2 is 1.55 bits per heavy atom. The first-order valence-electron chi connectivity index (χ1n) is 11.8. The van der Waals surface area contributed by atoms with Crippen molar-refractivity contribution in [3.63, 3.8) is 0 Å². The highest BCUT2D eigenvalue weighted by atomic mass is 16.6. The summed E-state index contributed by atoms with van der Waals surface area (Å²) in [7, 11) is 0. The molecule has 0 fully saturated rings. The lowest BCUT2D eigenvalue weighted by Crippen LogP contribution is -2.54. The maximum Gasteiger partial charge on any atom is 0.306 e. The topological polar surface area (TPSA) is 131 Å². The summed E-state index contributed by atoms with van der Waals surface area (Å²) >= 11 is 0. The van der Waals surface area contributed by atoms with Crippen LogP contribution in [0.4, 0.5) is 0 Å². The zero-order valence-electron chi connectivity index (χ0n) is 21.4. The van der Waals surface area contributed by atoms with E-state index >= 15 is 0 Å². The molecule has 0 aromatic carbocycles. The van der Waals surface area contributed by atoms with Crippen LogP contribution in [0, 0.1) is 11.8 Å². The van der Waals surface area contributed by atoms with Gasteiger partial charge in [0.2, 0.25) is 17.7 Å². The SMILES string of the molecule is CC[C@H](C)CC(=O)N[C@@H](CCC(=O)OC(C)(C)C)C(=O)N[C@@H](C)C(=O)NC(C=O)CC(C)C. The second kappa shape index (κ2) is 14.6. The van der Waals surface area contributed by atoms with E-state index in [2.05, 4.69) is 16.0 Å². The largest absolute Gasteiger partial charge is 0.460 e. The van der Waals surface area contributed by atoms with Crippen LogP contribution in [-0.4, -0.2) is 53.7 Å². The van der Waals surface area contributed by atoms with E-state index in [1.54, 1.807) is 20.8 Å². The van der Waals surface area contributed by atoms with E-state index in [4.69, 9.17) is 4.74 Å². The number of hydrogen-bond donors (Lipinski definition) is 3. The highest BCUT2D eigenvalue weighted by Crippen LogP contribution is 2.11. The molecule has 33 heavy (non-hydrogen) atoms. The Kier molecular flexibility index (Phi) is 13.6. The summed E-state index contributed by atoms with van der Waals surface area (Å²) in [6.45, 7) is 14.5. The molecule has 0 rings (SSSR count). The molecule has 1 unspecified atom stereocenters. The van der Waals surface area contributed by atoms with Gasteiger partial charge in [-0.25, -0.2) is 0 Å². The van der Waals surface area contributed by atoms with Crippen LogP contribution in [0.2, 0.25) is 0 Å². The predicted molar refractivity (Wildman–Crippen MR) is 126 cm³/mol. The van der Waals surface area contributed by atoms with Crippen molar-refractivity contribution in [2.45, 2.75) is 111 Å². The summed E-state index contributed by atoms with van der Waals surface area (Å²) in [5.41, 5.74) is -0.660. The Morgan fingerprint density at radius 1 is 0.939 bits per heavy atom. The van der Waals surface area contributed by atoms with Gasteiger partial charge in [-0.2, -0.15) is 0 Å². The van der Waals surface area contributed by atoms with Gasteiger partial charge in [0, 0.05) is 12.8 Å². The third-order valence-electron chi connectivity index (χ3n) is 4.91. The molecule has 0 bridgehead atoms. The zero-order chi connectivity index (χ0) is 25.8. The molecule has 0 saturated carbocycles. The van der Waals surface area contributed by atoms with E-state index in [-0.39, 0.29) is 37.0 Å². The molecule has 3 N–H and O–H groups in total. The number of hydrogen-bond acceptors (Lipinski definition) is 6. The Balaban J connectivity index is 5.17. The van der Waals surface area contributed by atoms with Gasteiger partial charge in [0.1, 0.15) is 24.0 Å². The summed E-state index contributed by atoms with van der Waals surface area (Å²) in [4.78, 5) is 61.0. The van der Waals surface area contributed by atoms with E-state index in [1.165, 1.54) is 6.92 Å². The molecule has 0 aromatic rings. The van der Waals surface area contributed by atoms with Crippen LogP contribution in [0.1, 0.15) is 87.5 Å². The fourth-order valence-corrected chi connectivity index (χ4v) is 2.98. The minimum absolute atomic E-state index is 0.0334. The van der Waals surface area contributed by atoms with E-state index in [9.17, 15) is 24.0 Å². The van der Waals surface area contributed by atoms with Crippen molar-refractivity contribution >= 4 is 30.0 Å². The Labute approximate surface area is 198 Å². The first kappa shape index (κ1) is 30.6. The van der Waals surface area contributed by atoms with Crippen molar-refractivity contribution in [2.75, 3.05) is 0 Å². The molecule has 0 spiro atoms. The minimum atomic E-state index is -0.998. The van der Waals surface area contributed by atoms with Crippen LogP contribution in [0.3, 0.4) is 0 Å². The number of esters is 1. The summed E-state index contributed by atoms with van der Waals surface area (Å²) in [5, 5.41) is 7.86. The number of rotatable bonds is 14. The zero-order valence-corrected chi connectivity index (χ0v) is 21.4. The van der Waals surface area contributed by atoms with Gasteiger partial charge in [-0.3, -0.25) is 19.2 Å². The van der Waals surface area contributed by atoms with Crippen molar-refractivity contribution in [3.05, 3.63) is 0 Å². The van der Waals surface area contributed by atoms with E-state index in [1.807, 2.05) is 27.7 Å². The molecule has 0 aromatic heterocycles. The Hall–Kier alpha value is -2.45. The standard InChI is InChI=1S/C24H43N3O6/c1-9-16(4)13-20(29)27-19(10-11-21(30)33-24(6,7)8)23(32)25-17(5)22(31)26-18(14-28)12-15(2)3/h14-19H,9-13H2,1-8H3,(H,25,32)(H,26,31)(H,27,29)/t16-,17-,18?,19-/m0/s1. The maximum atomic E-state index is 12.9. The van der Waals surface area contributed by atoms with Crippen LogP contribution >= 0.6 is 0 Å². The molecule has 0 aliphatic rings. The number of amides is 3. The first-order chi connectivity index (χ1) is 15.2. The molecule has 190 valence electrons. The quantitative estimate of drug-likeness (QED) is 0.264. The van der Waals surface area contributed by atoms with Crippen LogP contribution in [0.25, 0.3) is 0 Å². The van der Waals surface area contributed by atoms with Crippen molar-refractivity contribution in [1.29, 1.82) is 0 Å². The average Bonchev–Trinajstić information content (AvgIpc) is 2.68. The van der Waals surface area contributed by atoms with E-state index in [0.29, 0.717) is 12.7 Å². The molecule has 0 radical (unpaired) electrons. The van der Waals surface area contributed by atoms with Crippen LogP contribution < -0.4 is 16.0 Å². The number of carbonyl (C=O) groups excluding carboxylic acids is 5. The summed E-state index contributed by atoms with van der Waals surface area (Å²) in [6.07, 6.45) is 2.19. The number of ether oxygens (including phenoxy) is 1. The van der Waals surface area contributed by atoms with E-state index in [0.717, 1.165) is 6.42 Å². The third-order valence-corrected chi connectivity index (χ3v) is 4.91. The summed E-state index contributed by atoms with van der Waals surface area (Å²) in [6, 6.07) is -2.57. The first-order valence-corrected chi connectivity index (χ1v) is 11.8. The minimum Gasteiger partial charge on any atom is -0.460 e. The van der Waals surface area contributed by atoms with Gasteiger partial charge >= 0.3 is 5.97 Å². The molecule has 0 aliphatic heterocycles. The van der Waals surface area contributed by atoms with Crippen LogP contribution in [0.15, 0.2) is 0 Å². The van der Waals surface area contributed by atoms with Crippen LogP contribution in [-0.2, 0) is 28.7 Å². The molecule has 0 saturated heterocycles. The fraction of sp³-hybridized carbons (Fsp3) is 0.792. The van der Waals surface area contributed by atoms with Gasteiger partial charge in [0.05, 0.1) is 6.04 Å². The lowest BCUT2D eigenvalue weighted by Gasteiger charge is -2.24. The highest BCUT2D eigenvalue weighted by molar-refractivity contribution is 5.92. The maximum absolute atomic E-state index is 12.9. The van der Waals surface area contributed by atoms with Gasteiger partial charge in [-0.05, 0) is 52.4 Å². The lowest BCUT2D eigenvalue weighted by molar-refractivity contribution is -0.155. The summed E-state index contributed by atoms with van der Waals surface area (Å²) < 4.78 is 5.28. The Morgan fingerprint density at radius 3 is 2.03 bits per heavy atom. The predicted octanol–water partition coefficient (Wildman–Crippen LogP) is 2.26. The number of aldehydes is 1. The molecule has 3 amide bonds. The molecule has 0 aliphatic carbocycles. The van der Waals surface area contributed by atoms with Crippen molar-refractivity contribution in [2.24, 2.45) is 11.8 Å². The second-order valence-electron chi connectivity index (χ2n) is 10.1. The smallest absolute Gasteiger partial charge is 0.306 e. The second-order valence-corrected chi connectivity index (χ2v) is 10.1. The molecule has 9 heteroatoms. The lowest BCUT2D eigenvalue weighted by atomic mass is 10.0. The van der Waals surface area contributed by atoms with E-state index < -0.39 is 41.5 Å². The fourth-order valence-electron chi connectivity index (χ4n) is 2.98. The van der Waals surface area contributed by atoms with Gasteiger partial charge in [-0.15, -0.1) is 0 Å². The average molecular weight is 470 g/mol. The van der Waals surface area contributed by atoms with Gasteiger partial charge < -0.3 is 25.5 Å². The van der Waals surface area contributed by atoms with Gasteiger partial charge in [0.15, 0.2) is 0 Å². The van der Waals surface area contributed by atoms with Crippen molar-refractivity contribution < 1.29 is 28.7 Å². The molecule has 4 atom stereocenters. The van der Waals surface area contributed by atoms with Gasteiger partial charge in [0.25, 0.3) is 0 Å². The third kappa shape index (κ3) is 14.3. The van der Waals surface area contributed by atoms with Crippen LogP contribution in [0.5, 0.6) is 0 Å². The van der Waals surface area contributed by atoms with Crippen molar-refractivity contribution in [1.82, 2.24) is 16.0 Å².